The van der Waals surface area contributed by atoms with E-state index in [2.05, 4.69) is 10.3 Å². The second-order valence-corrected chi connectivity index (χ2v) is 9.56. The Morgan fingerprint density at radius 3 is 2.34 bits per heavy atom. The number of likely N-dealkylation sites (tertiary alicyclic amines) is 1. The van der Waals surface area contributed by atoms with Crippen LogP contribution in [-0.2, 0) is 15.9 Å². The number of pyridine rings is 1. The van der Waals surface area contributed by atoms with Crippen molar-refractivity contribution in [2.45, 2.75) is 72.2 Å². The molecule has 0 bridgehead atoms. The molecule has 0 saturated carbocycles. The summed E-state index contributed by atoms with van der Waals surface area (Å²) in [6.07, 6.45) is -1.18. The highest BCUT2D eigenvalue weighted by atomic mass is 16.6. The zero-order valence-corrected chi connectivity index (χ0v) is 18.4. The van der Waals surface area contributed by atoms with E-state index in [9.17, 15) is 14.7 Å². The molecule has 1 aromatic heterocycles. The SMILES string of the molecule is Cc1cc(C[C@@H]2CN(C(=O)OC(C)(C)C)CC2O)nc(NC(=O)OC(C)(C)C)c1. The largest absolute Gasteiger partial charge is 0.444 e. The van der Waals surface area contributed by atoms with E-state index >= 15 is 0 Å². The molecule has 2 heterocycles. The molecule has 2 atom stereocenters. The highest BCUT2D eigenvalue weighted by Crippen LogP contribution is 2.24. The van der Waals surface area contributed by atoms with Gasteiger partial charge in [-0.25, -0.2) is 14.6 Å². The minimum absolute atomic E-state index is 0.161. The van der Waals surface area contributed by atoms with Gasteiger partial charge in [0.2, 0.25) is 0 Å². The van der Waals surface area contributed by atoms with E-state index in [4.69, 9.17) is 9.47 Å². The number of nitrogens with zero attached hydrogens (tertiary/aromatic N) is 2. The van der Waals surface area contributed by atoms with Gasteiger partial charge < -0.3 is 19.5 Å². The Morgan fingerprint density at radius 2 is 1.76 bits per heavy atom. The normalized spacial score (nSPS) is 19.8. The first-order chi connectivity index (χ1) is 13.2. The number of hydrogen-bond donors (Lipinski definition) is 2. The maximum atomic E-state index is 12.3. The molecule has 29 heavy (non-hydrogen) atoms. The average Bonchev–Trinajstić information content (AvgIpc) is 2.84. The summed E-state index contributed by atoms with van der Waals surface area (Å²) in [5.41, 5.74) is 0.472. The molecular formula is C21H33N3O5. The topological polar surface area (TPSA) is 101 Å². The lowest BCUT2D eigenvalue weighted by Crippen LogP contribution is -2.35. The molecule has 1 aliphatic rings. The molecule has 2 amide bonds. The Hall–Kier alpha value is -2.35. The molecule has 0 spiro atoms. The van der Waals surface area contributed by atoms with Crippen molar-refractivity contribution in [3.8, 4) is 0 Å². The van der Waals surface area contributed by atoms with Gasteiger partial charge in [0, 0.05) is 18.2 Å². The fraction of sp³-hybridized carbons (Fsp3) is 0.667. The molecule has 1 aliphatic heterocycles. The van der Waals surface area contributed by atoms with Gasteiger partial charge in [0.25, 0.3) is 0 Å². The van der Waals surface area contributed by atoms with Crippen LogP contribution in [0.15, 0.2) is 12.1 Å². The van der Waals surface area contributed by atoms with Crippen LogP contribution in [0.25, 0.3) is 0 Å². The van der Waals surface area contributed by atoms with Crippen molar-refractivity contribution >= 4 is 18.0 Å². The Balaban J connectivity index is 2.03. The van der Waals surface area contributed by atoms with Gasteiger partial charge in [-0.15, -0.1) is 0 Å². The molecule has 8 heteroatoms. The molecule has 1 unspecified atom stereocenters. The van der Waals surface area contributed by atoms with E-state index in [1.807, 2.05) is 33.8 Å². The zero-order chi connectivity index (χ0) is 22.0. The number of nitrogens with one attached hydrogen (secondary N) is 1. The van der Waals surface area contributed by atoms with Crippen LogP contribution in [-0.4, -0.2) is 57.6 Å². The van der Waals surface area contributed by atoms with Crippen molar-refractivity contribution in [3.63, 3.8) is 0 Å². The molecule has 0 aliphatic carbocycles. The van der Waals surface area contributed by atoms with Crippen molar-refractivity contribution in [1.29, 1.82) is 0 Å². The third kappa shape index (κ3) is 7.53. The highest BCUT2D eigenvalue weighted by Gasteiger charge is 2.36. The standard InChI is InChI=1S/C21H33N3O5/c1-13-8-15(22-17(9-13)23-18(26)28-20(2,3)4)10-14-11-24(12-16(14)25)19(27)29-21(5,6)7/h8-9,14,16,25H,10-12H2,1-7H3,(H,22,23,26)/t14-,16?/m1/s1. The van der Waals surface area contributed by atoms with E-state index in [1.54, 1.807) is 26.8 Å². The van der Waals surface area contributed by atoms with Gasteiger partial charge in [0.15, 0.2) is 0 Å². The van der Waals surface area contributed by atoms with Gasteiger partial charge in [0.1, 0.15) is 17.0 Å². The number of carbonyl (C=O) groups is 2. The fourth-order valence-electron chi connectivity index (χ4n) is 3.12. The molecular weight excluding hydrogens is 374 g/mol. The molecule has 2 rings (SSSR count). The summed E-state index contributed by atoms with van der Waals surface area (Å²) in [6, 6.07) is 3.66. The molecule has 1 fully saturated rings. The van der Waals surface area contributed by atoms with Gasteiger partial charge in [-0.1, -0.05) is 0 Å². The number of aryl methyl sites for hydroxylation is 1. The third-order valence-corrected chi connectivity index (χ3v) is 4.18. The minimum atomic E-state index is -0.660. The van der Waals surface area contributed by atoms with Crippen molar-refractivity contribution in [2.75, 3.05) is 18.4 Å². The van der Waals surface area contributed by atoms with Crippen LogP contribution < -0.4 is 5.32 Å². The number of β-amino-alcohol motifs (C(OH)–C–C–N with tert-alkyl or cyclic N) is 1. The number of hydrogen-bond acceptors (Lipinski definition) is 6. The summed E-state index contributed by atoms with van der Waals surface area (Å²) in [5.74, 6) is 0.233. The summed E-state index contributed by atoms with van der Waals surface area (Å²) >= 11 is 0. The predicted octanol–water partition coefficient (Wildman–Crippen LogP) is 3.51. The quantitative estimate of drug-likeness (QED) is 0.795. The number of aliphatic hydroxyl groups is 1. The zero-order valence-electron chi connectivity index (χ0n) is 18.4. The Bertz CT molecular complexity index is 752. The molecule has 2 N–H and O–H groups in total. The van der Waals surface area contributed by atoms with E-state index in [-0.39, 0.29) is 12.5 Å². The smallest absolute Gasteiger partial charge is 0.413 e. The molecule has 1 aromatic rings. The lowest BCUT2D eigenvalue weighted by atomic mass is 9.99. The maximum absolute atomic E-state index is 12.3. The first kappa shape index (κ1) is 22.9. The predicted molar refractivity (Wildman–Crippen MR) is 110 cm³/mol. The number of anilines is 1. The van der Waals surface area contributed by atoms with Crippen molar-refractivity contribution in [3.05, 3.63) is 23.4 Å². The molecule has 8 nitrogen and oxygen atoms in total. The number of aliphatic hydroxyl groups excluding tert-OH is 1. The van der Waals surface area contributed by atoms with E-state index in [0.29, 0.717) is 18.8 Å². The number of rotatable bonds is 3. The van der Waals surface area contributed by atoms with Gasteiger partial charge in [0.05, 0.1) is 12.6 Å². The third-order valence-electron chi connectivity index (χ3n) is 4.18. The Labute approximate surface area is 172 Å². The summed E-state index contributed by atoms with van der Waals surface area (Å²) in [5, 5.41) is 13.1. The van der Waals surface area contributed by atoms with Gasteiger partial charge in [-0.05, 0) is 72.6 Å². The average molecular weight is 408 g/mol. The monoisotopic (exact) mass is 407 g/mol. The summed E-state index contributed by atoms with van der Waals surface area (Å²) < 4.78 is 10.7. The lowest BCUT2D eigenvalue weighted by Gasteiger charge is -2.24. The summed E-state index contributed by atoms with van der Waals surface area (Å²) in [6.45, 7) is 13.3. The van der Waals surface area contributed by atoms with Crippen molar-refractivity contribution in [1.82, 2.24) is 9.88 Å². The van der Waals surface area contributed by atoms with E-state index < -0.39 is 29.5 Å². The minimum Gasteiger partial charge on any atom is -0.444 e. The number of aromatic nitrogens is 1. The van der Waals surface area contributed by atoms with Crippen LogP contribution in [0.5, 0.6) is 0 Å². The molecule has 0 radical (unpaired) electrons. The summed E-state index contributed by atoms with van der Waals surface area (Å²) in [4.78, 5) is 30.3. The second kappa shape index (κ2) is 8.57. The van der Waals surface area contributed by atoms with Crippen LogP contribution in [0.1, 0.15) is 52.8 Å². The Kier molecular flexibility index (Phi) is 6.78. The highest BCUT2D eigenvalue weighted by molar-refractivity contribution is 5.83. The lowest BCUT2D eigenvalue weighted by molar-refractivity contribution is 0.0269. The maximum Gasteiger partial charge on any atom is 0.413 e. The van der Waals surface area contributed by atoms with Crippen LogP contribution in [0.4, 0.5) is 15.4 Å². The first-order valence-electron chi connectivity index (χ1n) is 9.85. The van der Waals surface area contributed by atoms with Gasteiger partial charge in [-0.2, -0.15) is 0 Å². The second-order valence-electron chi connectivity index (χ2n) is 9.56. The van der Waals surface area contributed by atoms with Crippen LogP contribution in [0.2, 0.25) is 0 Å². The fourth-order valence-corrected chi connectivity index (χ4v) is 3.12. The first-order valence-corrected chi connectivity index (χ1v) is 9.85. The van der Waals surface area contributed by atoms with E-state index in [0.717, 1.165) is 11.3 Å². The molecule has 0 aromatic carbocycles. The van der Waals surface area contributed by atoms with Crippen molar-refractivity contribution in [2.24, 2.45) is 5.92 Å². The van der Waals surface area contributed by atoms with Crippen LogP contribution >= 0.6 is 0 Å². The van der Waals surface area contributed by atoms with Gasteiger partial charge in [-0.3, -0.25) is 5.32 Å². The van der Waals surface area contributed by atoms with Gasteiger partial charge >= 0.3 is 12.2 Å². The van der Waals surface area contributed by atoms with Crippen molar-refractivity contribution < 1.29 is 24.2 Å². The Morgan fingerprint density at radius 1 is 1.14 bits per heavy atom. The van der Waals surface area contributed by atoms with Crippen LogP contribution in [0, 0.1) is 12.8 Å². The summed E-state index contributed by atoms with van der Waals surface area (Å²) in [7, 11) is 0. The van der Waals surface area contributed by atoms with Crippen LogP contribution in [0.3, 0.4) is 0 Å². The number of carbonyl (C=O) groups excluding carboxylic acids is 2. The molecule has 162 valence electrons. The molecule has 1 saturated heterocycles. The number of amides is 2. The van der Waals surface area contributed by atoms with E-state index in [1.165, 1.54) is 4.90 Å². The number of ether oxygens (including phenoxy) is 2.